The minimum Gasteiger partial charge on any atom is -0.400 e. The molecule has 0 aliphatic carbocycles. The van der Waals surface area contributed by atoms with Gasteiger partial charge in [0, 0.05) is 27.0 Å². The molecule has 2 N–H and O–H groups in total. The number of imide groups is 1. The highest BCUT2D eigenvalue weighted by atomic mass is 16.2. The maximum absolute atomic E-state index is 12.6. The Hall–Kier alpha value is -2.74. The van der Waals surface area contributed by atoms with E-state index in [1.165, 1.54) is 9.13 Å². The molecule has 0 bridgehead atoms. The first-order valence-corrected chi connectivity index (χ1v) is 10.4. The van der Waals surface area contributed by atoms with Crippen molar-refractivity contribution in [3.05, 3.63) is 34.2 Å². The van der Waals surface area contributed by atoms with Crippen molar-refractivity contribution in [1.29, 1.82) is 0 Å². The number of fused-ring (bicyclic) bond motifs is 1. The van der Waals surface area contributed by atoms with Crippen LogP contribution in [0.15, 0.2) is 23.0 Å². The number of aliphatic hydroxyl groups excluding tert-OH is 1. The molecule has 1 aromatic carbocycles. The minimum atomic E-state index is -0.667. The standard InChI is InChI=1S/C17H19N3O4.2C2H6.CH4O/c1-19-14-10-11(4-2-3-9-21)5-6-12(14)20(17(19)24)13-7-8-15(22)18-16(13)23;3*1-2/h5-6,9-10,13H,2-4,7-8H2,1H3,(H,18,22,23);2*1-2H3;2H,1H3. The van der Waals surface area contributed by atoms with E-state index in [1.807, 2.05) is 45.9 Å². The van der Waals surface area contributed by atoms with Crippen LogP contribution in [0.3, 0.4) is 0 Å². The highest BCUT2D eigenvalue weighted by Crippen LogP contribution is 2.24. The Morgan fingerprint density at radius 2 is 1.73 bits per heavy atom. The first-order chi connectivity index (χ1) is 14.5. The summed E-state index contributed by atoms with van der Waals surface area (Å²) in [7, 11) is 2.67. The fourth-order valence-electron chi connectivity index (χ4n) is 3.18. The third-order valence-electron chi connectivity index (χ3n) is 4.46. The van der Waals surface area contributed by atoms with Crippen LogP contribution in [0.25, 0.3) is 11.0 Å². The predicted molar refractivity (Wildman–Crippen MR) is 118 cm³/mol. The van der Waals surface area contributed by atoms with Gasteiger partial charge in [0.2, 0.25) is 11.8 Å². The summed E-state index contributed by atoms with van der Waals surface area (Å²) in [6.45, 7) is 8.00. The normalized spacial score (nSPS) is 15.0. The second-order valence-corrected chi connectivity index (χ2v) is 6.06. The van der Waals surface area contributed by atoms with Crippen LogP contribution in [0.4, 0.5) is 0 Å². The van der Waals surface area contributed by atoms with Crippen LogP contribution in [0.1, 0.15) is 65.0 Å². The van der Waals surface area contributed by atoms with Crippen LogP contribution >= 0.6 is 0 Å². The third kappa shape index (κ3) is 6.38. The van der Waals surface area contributed by atoms with Crippen molar-refractivity contribution in [3.63, 3.8) is 0 Å². The van der Waals surface area contributed by atoms with E-state index in [1.54, 1.807) is 7.05 Å². The van der Waals surface area contributed by atoms with Crippen molar-refractivity contribution in [3.8, 4) is 0 Å². The molecule has 1 aliphatic rings. The third-order valence-corrected chi connectivity index (χ3v) is 4.46. The van der Waals surface area contributed by atoms with E-state index in [0.717, 1.165) is 37.3 Å². The number of unbranched alkanes of at least 4 members (excludes halogenated alkanes) is 1. The maximum Gasteiger partial charge on any atom is 0.329 e. The van der Waals surface area contributed by atoms with Gasteiger partial charge in [-0.2, -0.15) is 0 Å². The topological polar surface area (TPSA) is 110 Å². The number of hydrogen-bond donors (Lipinski definition) is 2. The molecular formula is C22H35N3O5. The number of rotatable bonds is 5. The van der Waals surface area contributed by atoms with E-state index < -0.39 is 11.9 Å². The number of imidazole rings is 1. The van der Waals surface area contributed by atoms with Crippen LogP contribution in [-0.4, -0.2) is 39.5 Å². The zero-order valence-corrected chi connectivity index (χ0v) is 18.9. The summed E-state index contributed by atoms with van der Waals surface area (Å²) in [4.78, 5) is 46.5. The van der Waals surface area contributed by atoms with Gasteiger partial charge in [0.25, 0.3) is 0 Å². The Bertz CT molecular complexity index is 883. The Labute approximate surface area is 177 Å². The minimum absolute atomic E-state index is 0.225. The second-order valence-electron chi connectivity index (χ2n) is 6.06. The van der Waals surface area contributed by atoms with Gasteiger partial charge in [-0.1, -0.05) is 33.8 Å². The zero-order chi connectivity index (χ0) is 23.3. The highest BCUT2D eigenvalue weighted by molar-refractivity contribution is 6.00. The number of benzene rings is 1. The van der Waals surface area contributed by atoms with Gasteiger partial charge in [-0.25, -0.2) is 4.79 Å². The lowest BCUT2D eigenvalue weighted by molar-refractivity contribution is -0.135. The summed E-state index contributed by atoms with van der Waals surface area (Å²) in [5.74, 6) is -0.738. The number of nitrogens with one attached hydrogen (secondary N) is 1. The van der Waals surface area contributed by atoms with Crippen molar-refractivity contribution < 1.29 is 19.5 Å². The molecule has 3 rings (SSSR count). The van der Waals surface area contributed by atoms with E-state index >= 15 is 0 Å². The van der Waals surface area contributed by atoms with Gasteiger partial charge in [0.05, 0.1) is 11.0 Å². The molecule has 0 radical (unpaired) electrons. The molecule has 1 aromatic heterocycles. The number of nitrogens with zero attached hydrogens (tertiary/aromatic N) is 2. The quantitative estimate of drug-likeness (QED) is 0.438. The SMILES string of the molecule is CC.CC.CO.Cn1c(=O)n(C2CCC(=O)NC2=O)c2ccc(CCCC=O)cc21. The number of aliphatic hydroxyl groups is 1. The van der Waals surface area contributed by atoms with Crippen LogP contribution < -0.4 is 11.0 Å². The van der Waals surface area contributed by atoms with Gasteiger partial charge in [-0.05, 0) is 37.0 Å². The molecule has 2 amide bonds. The van der Waals surface area contributed by atoms with Crippen molar-refractivity contribution in [2.24, 2.45) is 7.05 Å². The monoisotopic (exact) mass is 421 g/mol. The maximum atomic E-state index is 12.6. The molecule has 8 heteroatoms. The number of carbonyl (C=O) groups is 3. The lowest BCUT2D eigenvalue weighted by Gasteiger charge is -2.21. The largest absolute Gasteiger partial charge is 0.400 e. The summed E-state index contributed by atoms with van der Waals surface area (Å²) < 4.78 is 2.98. The van der Waals surface area contributed by atoms with E-state index in [-0.39, 0.29) is 18.0 Å². The van der Waals surface area contributed by atoms with E-state index in [9.17, 15) is 19.2 Å². The van der Waals surface area contributed by atoms with Gasteiger partial charge in [0.15, 0.2) is 0 Å². The summed E-state index contributed by atoms with van der Waals surface area (Å²) >= 11 is 0. The second kappa shape index (κ2) is 14.3. The Morgan fingerprint density at radius 1 is 1.10 bits per heavy atom. The van der Waals surface area contributed by atoms with E-state index in [2.05, 4.69) is 5.32 Å². The lowest BCUT2D eigenvalue weighted by Crippen LogP contribution is -2.44. The van der Waals surface area contributed by atoms with Gasteiger partial charge in [-0.3, -0.25) is 24.0 Å². The molecule has 2 aromatic rings. The highest BCUT2D eigenvalue weighted by Gasteiger charge is 2.31. The number of amides is 2. The number of piperidine rings is 1. The summed E-state index contributed by atoms with van der Waals surface area (Å²) in [6.07, 6.45) is 3.47. The summed E-state index contributed by atoms with van der Waals surface area (Å²) in [5.41, 5.74) is 2.19. The molecule has 1 fully saturated rings. The van der Waals surface area contributed by atoms with Crippen molar-refractivity contribution >= 4 is 29.1 Å². The molecular weight excluding hydrogens is 386 g/mol. The molecule has 8 nitrogen and oxygen atoms in total. The van der Waals surface area contributed by atoms with Crippen LogP contribution in [-0.2, 0) is 27.9 Å². The van der Waals surface area contributed by atoms with Crippen molar-refractivity contribution in [2.75, 3.05) is 7.11 Å². The molecule has 1 unspecified atom stereocenters. The van der Waals surface area contributed by atoms with Crippen LogP contribution in [0.5, 0.6) is 0 Å². The van der Waals surface area contributed by atoms with Gasteiger partial charge in [0.1, 0.15) is 12.3 Å². The number of aromatic nitrogens is 2. The number of carbonyl (C=O) groups excluding carboxylic acids is 3. The van der Waals surface area contributed by atoms with E-state index in [0.29, 0.717) is 18.4 Å². The first-order valence-electron chi connectivity index (χ1n) is 10.4. The fourth-order valence-corrected chi connectivity index (χ4v) is 3.18. The first kappa shape index (κ1) is 27.3. The van der Waals surface area contributed by atoms with Gasteiger partial charge in [-0.15, -0.1) is 0 Å². The molecule has 168 valence electrons. The molecule has 30 heavy (non-hydrogen) atoms. The molecule has 0 saturated carbocycles. The average Bonchev–Trinajstić information content (AvgIpc) is 3.03. The smallest absolute Gasteiger partial charge is 0.329 e. The Kier molecular flexibility index (Phi) is 13.0. The fraction of sp³-hybridized carbons (Fsp3) is 0.545. The molecule has 0 spiro atoms. The molecule has 2 heterocycles. The Morgan fingerprint density at radius 3 is 2.30 bits per heavy atom. The van der Waals surface area contributed by atoms with Gasteiger partial charge >= 0.3 is 5.69 Å². The van der Waals surface area contributed by atoms with Crippen LogP contribution in [0, 0.1) is 0 Å². The zero-order valence-electron chi connectivity index (χ0n) is 18.9. The summed E-state index contributed by atoms with van der Waals surface area (Å²) in [5, 5.41) is 9.29. The van der Waals surface area contributed by atoms with Crippen LogP contribution in [0.2, 0.25) is 0 Å². The predicted octanol–water partition coefficient (Wildman–Crippen LogP) is 2.50. The number of aldehydes is 1. The van der Waals surface area contributed by atoms with Crippen molar-refractivity contribution in [2.45, 2.75) is 65.8 Å². The molecule has 1 aliphatic heterocycles. The number of hydrogen-bond acceptors (Lipinski definition) is 5. The summed E-state index contributed by atoms with van der Waals surface area (Å²) in [6, 6.07) is 5.00. The van der Waals surface area contributed by atoms with Gasteiger partial charge < -0.3 is 9.90 Å². The lowest BCUT2D eigenvalue weighted by atomic mass is 10.0. The van der Waals surface area contributed by atoms with E-state index in [4.69, 9.17) is 5.11 Å². The average molecular weight is 422 g/mol. The number of aryl methyl sites for hydroxylation is 2. The molecule has 1 saturated heterocycles. The van der Waals surface area contributed by atoms with Crippen molar-refractivity contribution in [1.82, 2.24) is 14.5 Å². The Balaban J connectivity index is 0.00000129. The molecule has 1 atom stereocenters.